The van der Waals surface area contributed by atoms with Crippen molar-refractivity contribution in [3.8, 4) is 5.75 Å². The van der Waals surface area contributed by atoms with Crippen molar-refractivity contribution >= 4 is 5.91 Å². The molecule has 0 heterocycles. The molecule has 0 bridgehead atoms. The van der Waals surface area contributed by atoms with Crippen LogP contribution in [-0.4, -0.2) is 17.6 Å². The molecule has 1 aromatic rings. The summed E-state index contributed by atoms with van der Waals surface area (Å²) >= 11 is 0. The highest BCUT2D eigenvalue weighted by Gasteiger charge is 2.18. The van der Waals surface area contributed by atoms with E-state index in [2.05, 4.69) is 5.32 Å². The lowest BCUT2D eigenvalue weighted by molar-refractivity contribution is 0.0938. The summed E-state index contributed by atoms with van der Waals surface area (Å²) in [7, 11) is 0. The summed E-state index contributed by atoms with van der Waals surface area (Å²) in [6, 6.07) is 6.42. The van der Waals surface area contributed by atoms with E-state index in [1.807, 2.05) is 0 Å². The zero-order chi connectivity index (χ0) is 10.7. The molecule has 0 aliphatic heterocycles. The Bertz CT molecular complexity index is 358. The van der Waals surface area contributed by atoms with Gasteiger partial charge in [0.1, 0.15) is 5.75 Å². The van der Waals surface area contributed by atoms with Crippen LogP contribution in [0, 0.1) is 5.92 Å². The smallest absolute Gasteiger partial charge is 0.251 e. The van der Waals surface area contributed by atoms with Crippen molar-refractivity contribution in [3.63, 3.8) is 0 Å². The van der Waals surface area contributed by atoms with Gasteiger partial charge in [0.05, 0.1) is 0 Å². The van der Waals surface area contributed by atoms with Crippen LogP contribution in [0.2, 0.25) is 0 Å². The quantitative estimate of drug-likeness (QED) is 0.792. The Kier molecular flexibility index (Phi) is 2.90. The summed E-state index contributed by atoms with van der Waals surface area (Å²) in [5.74, 6) is 0.690. The number of phenolic OH excluding ortho intramolecular Hbond substituents is 1. The molecule has 1 aliphatic rings. The Labute approximate surface area is 89.1 Å². The van der Waals surface area contributed by atoms with Gasteiger partial charge in [-0.15, -0.1) is 0 Å². The molecule has 1 aliphatic carbocycles. The molecule has 0 radical (unpaired) electrons. The fraction of sp³-hybridized carbons (Fsp3) is 0.417. The van der Waals surface area contributed by atoms with E-state index >= 15 is 0 Å². The first-order chi connectivity index (χ1) is 7.25. The number of phenols is 1. The number of hydrogen-bond acceptors (Lipinski definition) is 2. The normalized spacial score (nSPS) is 15.7. The lowest BCUT2D eigenvalue weighted by Crippen LogP contribution is -2.32. The van der Waals surface area contributed by atoms with Gasteiger partial charge in [0.2, 0.25) is 0 Å². The van der Waals surface area contributed by atoms with E-state index in [0.717, 1.165) is 6.54 Å². The van der Waals surface area contributed by atoms with Gasteiger partial charge in [-0.05, 0) is 37.0 Å². The molecule has 2 rings (SSSR count). The molecule has 0 unspecified atom stereocenters. The predicted octanol–water partition coefficient (Wildman–Crippen LogP) is 1.92. The molecule has 1 saturated carbocycles. The molecule has 0 aromatic heterocycles. The minimum Gasteiger partial charge on any atom is -0.508 e. The molecule has 1 aromatic carbocycles. The summed E-state index contributed by atoms with van der Waals surface area (Å²) in [6.45, 7) is 0.758. The van der Waals surface area contributed by atoms with Crippen LogP contribution in [0.3, 0.4) is 0 Å². The van der Waals surface area contributed by atoms with Crippen molar-refractivity contribution in [2.75, 3.05) is 6.54 Å². The molecule has 2 N–H and O–H groups in total. The molecule has 0 saturated heterocycles. The summed E-state index contributed by atoms with van der Waals surface area (Å²) in [5, 5.41) is 12.1. The number of amides is 1. The summed E-state index contributed by atoms with van der Waals surface area (Å²) in [5.41, 5.74) is 0.523. The third kappa shape index (κ3) is 2.49. The van der Waals surface area contributed by atoms with E-state index in [1.54, 1.807) is 18.2 Å². The Hall–Kier alpha value is -1.51. The van der Waals surface area contributed by atoms with Crippen molar-refractivity contribution in [1.82, 2.24) is 5.32 Å². The zero-order valence-corrected chi connectivity index (χ0v) is 8.57. The van der Waals surface area contributed by atoms with Crippen LogP contribution in [0.1, 0.15) is 29.6 Å². The molecule has 80 valence electrons. The van der Waals surface area contributed by atoms with Crippen molar-refractivity contribution in [2.24, 2.45) is 5.92 Å². The van der Waals surface area contributed by atoms with Crippen LogP contribution >= 0.6 is 0 Å². The first-order valence-electron chi connectivity index (χ1n) is 5.33. The van der Waals surface area contributed by atoms with Gasteiger partial charge in [0.25, 0.3) is 5.91 Å². The highest BCUT2D eigenvalue weighted by molar-refractivity contribution is 5.94. The number of benzene rings is 1. The topological polar surface area (TPSA) is 49.3 Å². The molecule has 3 nitrogen and oxygen atoms in total. The van der Waals surface area contributed by atoms with Crippen molar-refractivity contribution in [2.45, 2.75) is 19.3 Å². The van der Waals surface area contributed by atoms with Gasteiger partial charge in [-0.3, -0.25) is 4.79 Å². The Balaban J connectivity index is 1.89. The van der Waals surface area contributed by atoms with Crippen LogP contribution in [0.15, 0.2) is 24.3 Å². The summed E-state index contributed by atoms with van der Waals surface area (Å²) in [4.78, 5) is 11.6. The Morgan fingerprint density at radius 3 is 2.87 bits per heavy atom. The largest absolute Gasteiger partial charge is 0.508 e. The maximum Gasteiger partial charge on any atom is 0.251 e. The highest BCUT2D eigenvalue weighted by Crippen LogP contribution is 2.25. The monoisotopic (exact) mass is 205 g/mol. The van der Waals surface area contributed by atoms with Gasteiger partial charge in [-0.2, -0.15) is 0 Å². The van der Waals surface area contributed by atoms with E-state index in [9.17, 15) is 9.90 Å². The van der Waals surface area contributed by atoms with E-state index in [4.69, 9.17) is 0 Å². The lowest BCUT2D eigenvalue weighted by atomic mass is 9.85. The Morgan fingerprint density at radius 2 is 2.27 bits per heavy atom. The van der Waals surface area contributed by atoms with Gasteiger partial charge < -0.3 is 10.4 Å². The minimum atomic E-state index is -0.0993. The van der Waals surface area contributed by atoms with Crippen LogP contribution < -0.4 is 5.32 Å². The van der Waals surface area contributed by atoms with Crippen LogP contribution in [0.5, 0.6) is 5.75 Å². The van der Waals surface area contributed by atoms with Crippen LogP contribution in [-0.2, 0) is 0 Å². The van der Waals surface area contributed by atoms with Gasteiger partial charge in [-0.25, -0.2) is 0 Å². The number of nitrogens with one attached hydrogen (secondary N) is 1. The molecular weight excluding hydrogens is 190 g/mol. The second kappa shape index (κ2) is 4.34. The SMILES string of the molecule is O=C(NCC1CCC1)c1cccc(O)c1. The lowest BCUT2D eigenvalue weighted by Gasteiger charge is -2.25. The average molecular weight is 205 g/mol. The fourth-order valence-electron chi connectivity index (χ4n) is 1.68. The maximum absolute atomic E-state index is 11.6. The zero-order valence-electron chi connectivity index (χ0n) is 8.57. The van der Waals surface area contributed by atoms with E-state index in [-0.39, 0.29) is 11.7 Å². The van der Waals surface area contributed by atoms with Crippen LogP contribution in [0.4, 0.5) is 0 Å². The molecular formula is C12H15NO2. The molecule has 3 heteroatoms. The predicted molar refractivity (Wildman–Crippen MR) is 57.8 cm³/mol. The molecule has 1 amide bonds. The number of aromatic hydroxyl groups is 1. The van der Waals surface area contributed by atoms with Crippen molar-refractivity contribution in [3.05, 3.63) is 29.8 Å². The highest BCUT2D eigenvalue weighted by atomic mass is 16.3. The van der Waals surface area contributed by atoms with Crippen molar-refractivity contribution < 1.29 is 9.90 Å². The van der Waals surface area contributed by atoms with Gasteiger partial charge in [0.15, 0.2) is 0 Å². The third-order valence-corrected chi connectivity index (χ3v) is 2.88. The summed E-state index contributed by atoms with van der Waals surface area (Å²) in [6.07, 6.45) is 3.73. The van der Waals surface area contributed by atoms with Gasteiger partial charge in [-0.1, -0.05) is 12.5 Å². The molecule has 0 spiro atoms. The first kappa shape index (κ1) is 10.0. The standard InChI is InChI=1S/C12H15NO2/c14-11-6-2-5-10(7-11)12(15)13-8-9-3-1-4-9/h2,5-7,9,14H,1,3-4,8H2,(H,13,15). The number of carbonyl (C=O) groups is 1. The molecule has 0 atom stereocenters. The maximum atomic E-state index is 11.6. The minimum absolute atomic E-state index is 0.0993. The fourth-order valence-corrected chi connectivity index (χ4v) is 1.68. The number of hydrogen-bond donors (Lipinski definition) is 2. The average Bonchev–Trinajstić information content (AvgIpc) is 2.15. The first-order valence-corrected chi connectivity index (χ1v) is 5.33. The second-order valence-corrected chi connectivity index (χ2v) is 4.06. The number of carbonyl (C=O) groups excluding carboxylic acids is 1. The van der Waals surface area contributed by atoms with Gasteiger partial charge >= 0.3 is 0 Å². The second-order valence-electron chi connectivity index (χ2n) is 4.06. The molecule has 15 heavy (non-hydrogen) atoms. The third-order valence-electron chi connectivity index (χ3n) is 2.88. The summed E-state index contributed by atoms with van der Waals surface area (Å²) < 4.78 is 0. The van der Waals surface area contributed by atoms with E-state index in [0.29, 0.717) is 11.5 Å². The van der Waals surface area contributed by atoms with Crippen LogP contribution in [0.25, 0.3) is 0 Å². The van der Waals surface area contributed by atoms with E-state index in [1.165, 1.54) is 25.3 Å². The Morgan fingerprint density at radius 1 is 1.47 bits per heavy atom. The van der Waals surface area contributed by atoms with Gasteiger partial charge in [0, 0.05) is 12.1 Å². The molecule has 1 fully saturated rings. The number of rotatable bonds is 3. The van der Waals surface area contributed by atoms with E-state index < -0.39 is 0 Å². The van der Waals surface area contributed by atoms with Crippen molar-refractivity contribution in [1.29, 1.82) is 0 Å².